The number of nitrogens with one attached hydrogen (secondary N) is 1. The van der Waals surface area contributed by atoms with E-state index >= 15 is 0 Å². The Morgan fingerprint density at radius 1 is 0.963 bits per heavy atom. The molecule has 0 atom stereocenters. The van der Waals surface area contributed by atoms with Crippen molar-refractivity contribution in [3.05, 3.63) is 53.6 Å². The summed E-state index contributed by atoms with van der Waals surface area (Å²) in [5, 5.41) is 11.4. The van der Waals surface area contributed by atoms with E-state index in [-0.39, 0.29) is 12.3 Å². The summed E-state index contributed by atoms with van der Waals surface area (Å²) >= 11 is 0. The summed E-state index contributed by atoms with van der Waals surface area (Å²) in [5.41, 5.74) is 1.36. The highest BCUT2D eigenvalue weighted by Gasteiger charge is 2.10. The predicted molar refractivity (Wildman–Crippen MR) is 99.5 cm³/mol. The summed E-state index contributed by atoms with van der Waals surface area (Å²) in [6.45, 7) is 0.706. The van der Waals surface area contributed by atoms with Gasteiger partial charge in [0.25, 0.3) is 5.91 Å². The highest BCUT2D eigenvalue weighted by molar-refractivity contribution is 5.95. The molecule has 144 valence electrons. The van der Waals surface area contributed by atoms with Crippen molar-refractivity contribution in [2.75, 3.05) is 20.8 Å². The van der Waals surface area contributed by atoms with Crippen LogP contribution in [0.4, 0.5) is 0 Å². The third-order valence-corrected chi connectivity index (χ3v) is 3.79. The molecule has 2 aromatic carbocycles. The van der Waals surface area contributed by atoms with Crippen LogP contribution in [0.15, 0.2) is 42.5 Å². The minimum atomic E-state index is -0.835. The molecule has 0 heterocycles. The summed E-state index contributed by atoms with van der Waals surface area (Å²) in [6, 6.07) is 12.3. The van der Waals surface area contributed by atoms with Gasteiger partial charge in [0.15, 0.2) is 0 Å². The molecule has 0 saturated carbocycles. The molecular formula is C20H23NO6. The van der Waals surface area contributed by atoms with Crippen molar-refractivity contribution < 1.29 is 28.9 Å². The molecule has 2 rings (SSSR count). The van der Waals surface area contributed by atoms with Gasteiger partial charge in [-0.1, -0.05) is 12.1 Å². The molecule has 0 radical (unpaired) electrons. The average molecular weight is 373 g/mol. The van der Waals surface area contributed by atoms with Gasteiger partial charge in [0.2, 0.25) is 0 Å². The lowest BCUT2D eigenvalue weighted by molar-refractivity contribution is -0.137. The van der Waals surface area contributed by atoms with Crippen LogP contribution in [0, 0.1) is 0 Å². The van der Waals surface area contributed by atoms with Crippen LogP contribution in [0.25, 0.3) is 0 Å². The maximum Gasteiger partial charge on any atom is 0.303 e. The summed E-state index contributed by atoms with van der Waals surface area (Å²) < 4.78 is 15.8. The van der Waals surface area contributed by atoms with Gasteiger partial charge in [-0.05, 0) is 36.2 Å². The number of methoxy groups -OCH3 is 2. The Hall–Kier alpha value is -3.22. The van der Waals surface area contributed by atoms with Crippen LogP contribution in [0.3, 0.4) is 0 Å². The summed E-state index contributed by atoms with van der Waals surface area (Å²) in [5.74, 6) is 0.681. The number of hydrogen-bond acceptors (Lipinski definition) is 5. The minimum Gasteiger partial charge on any atom is -0.497 e. The topological polar surface area (TPSA) is 94.1 Å². The maximum atomic E-state index is 12.4. The van der Waals surface area contributed by atoms with Gasteiger partial charge < -0.3 is 24.6 Å². The number of carboxylic acids is 1. The highest BCUT2D eigenvalue weighted by atomic mass is 16.5. The first-order chi connectivity index (χ1) is 13.0. The van der Waals surface area contributed by atoms with Gasteiger partial charge in [-0.3, -0.25) is 9.59 Å². The third kappa shape index (κ3) is 6.54. The fraction of sp³-hybridized carbons (Fsp3) is 0.300. The van der Waals surface area contributed by atoms with Crippen molar-refractivity contribution in [2.45, 2.75) is 19.4 Å². The monoisotopic (exact) mass is 373 g/mol. The number of ether oxygens (including phenoxy) is 3. The van der Waals surface area contributed by atoms with E-state index in [2.05, 4.69) is 5.32 Å². The van der Waals surface area contributed by atoms with E-state index in [1.165, 1.54) is 14.2 Å². The van der Waals surface area contributed by atoms with E-state index in [0.717, 1.165) is 5.56 Å². The molecule has 0 spiro atoms. The second-order valence-corrected chi connectivity index (χ2v) is 5.77. The first-order valence-corrected chi connectivity index (χ1v) is 8.46. The van der Waals surface area contributed by atoms with E-state index < -0.39 is 5.97 Å². The fourth-order valence-electron chi connectivity index (χ4n) is 2.34. The number of hydrogen-bond donors (Lipinski definition) is 2. The standard InChI is InChI=1S/C20H23NO6/c1-25-17-10-15(11-18(12-17)26-2)20(24)21-13-14-5-7-16(8-6-14)27-9-3-4-19(22)23/h5-8,10-12H,3-4,9,13H2,1-2H3,(H,21,24)(H,22,23). The second-order valence-electron chi connectivity index (χ2n) is 5.77. The summed E-state index contributed by atoms with van der Waals surface area (Å²) in [7, 11) is 3.06. The number of carbonyl (C=O) groups is 2. The van der Waals surface area contributed by atoms with E-state index in [4.69, 9.17) is 19.3 Å². The number of amides is 1. The maximum absolute atomic E-state index is 12.4. The van der Waals surface area contributed by atoms with Crippen LogP contribution < -0.4 is 19.5 Å². The quantitative estimate of drug-likeness (QED) is 0.622. The zero-order valence-electron chi connectivity index (χ0n) is 15.4. The van der Waals surface area contributed by atoms with Crippen molar-refractivity contribution in [1.29, 1.82) is 0 Å². The lowest BCUT2D eigenvalue weighted by atomic mass is 10.1. The van der Waals surface area contributed by atoms with Gasteiger partial charge in [-0.15, -0.1) is 0 Å². The largest absolute Gasteiger partial charge is 0.497 e. The van der Waals surface area contributed by atoms with Gasteiger partial charge in [-0.2, -0.15) is 0 Å². The fourth-order valence-corrected chi connectivity index (χ4v) is 2.34. The van der Waals surface area contributed by atoms with Crippen molar-refractivity contribution in [2.24, 2.45) is 0 Å². The first kappa shape index (κ1) is 20.1. The van der Waals surface area contributed by atoms with Crippen LogP contribution in [0.1, 0.15) is 28.8 Å². The van der Waals surface area contributed by atoms with E-state index in [0.29, 0.717) is 42.4 Å². The number of carbonyl (C=O) groups excluding carboxylic acids is 1. The van der Waals surface area contributed by atoms with Crippen molar-refractivity contribution in [3.8, 4) is 17.2 Å². The van der Waals surface area contributed by atoms with E-state index in [9.17, 15) is 9.59 Å². The van der Waals surface area contributed by atoms with Crippen LogP contribution in [-0.2, 0) is 11.3 Å². The zero-order valence-corrected chi connectivity index (χ0v) is 15.4. The normalized spacial score (nSPS) is 10.1. The SMILES string of the molecule is COc1cc(OC)cc(C(=O)NCc2ccc(OCCCC(=O)O)cc2)c1. The summed E-state index contributed by atoms with van der Waals surface area (Å²) in [4.78, 5) is 22.8. The number of aliphatic carboxylic acids is 1. The first-order valence-electron chi connectivity index (χ1n) is 8.46. The van der Waals surface area contributed by atoms with Gasteiger partial charge in [0.05, 0.1) is 20.8 Å². The van der Waals surface area contributed by atoms with E-state index in [1.807, 2.05) is 12.1 Å². The Kier molecular flexibility index (Phi) is 7.49. The predicted octanol–water partition coefficient (Wildman–Crippen LogP) is 2.88. The second kappa shape index (κ2) is 10.1. The van der Waals surface area contributed by atoms with Gasteiger partial charge >= 0.3 is 5.97 Å². The molecule has 1 amide bonds. The van der Waals surface area contributed by atoms with Crippen LogP contribution in [-0.4, -0.2) is 37.8 Å². The third-order valence-electron chi connectivity index (χ3n) is 3.79. The molecule has 0 aliphatic rings. The van der Waals surface area contributed by atoms with Crippen LogP contribution in [0.5, 0.6) is 17.2 Å². The number of rotatable bonds is 10. The minimum absolute atomic E-state index is 0.0825. The molecule has 2 N–H and O–H groups in total. The molecule has 27 heavy (non-hydrogen) atoms. The molecule has 0 fully saturated rings. The Morgan fingerprint density at radius 3 is 2.15 bits per heavy atom. The number of benzene rings is 2. The zero-order chi connectivity index (χ0) is 19.6. The van der Waals surface area contributed by atoms with Crippen LogP contribution in [0.2, 0.25) is 0 Å². The molecule has 2 aromatic rings. The Balaban J connectivity index is 1.87. The lowest BCUT2D eigenvalue weighted by Crippen LogP contribution is -2.22. The molecule has 0 bridgehead atoms. The molecule has 7 heteroatoms. The molecule has 0 aliphatic carbocycles. The molecule has 0 saturated heterocycles. The van der Waals surface area contributed by atoms with Gasteiger partial charge in [0.1, 0.15) is 17.2 Å². The van der Waals surface area contributed by atoms with Crippen LogP contribution >= 0.6 is 0 Å². The average Bonchev–Trinajstić information content (AvgIpc) is 2.69. The highest BCUT2D eigenvalue weighted by Crippen LogP contribution is 2.22. The number of carboxylic acid groups (broad SMARTS) is 1. The van der Waals surface area contributed by atoms with Crippen molar-refractivity contribution in [3.63, 3.8) is 0 Å². The molecule has 0 unspecified atom stereocenters. The lowest BCUT2D eigenvalue weighted by Gasteiger charge is -2.10. The Labute approximate surface area is 157 Å². The van der Waals surface area contributed by atoms with Crippen molar-refractivity contribution in [1.82, 2.24) is 5.32 Å². The molecule has 0 aliphatic heterocycles. The molecule has 7 nitrogen and oxygen atoms in total. The molecular weight excluding hydrogens is 350 g/mol. The Bertz CT molecular complexity index is 750. The Morgan fingerprint density at radius 2 is 1.59 bits per heavy atom. The van der Waals surface area contributed by atoms with Gasteiger partial charge in [-0.25, -0.2) is 0 Å². The summed E-state index contributed by atoms with van der Waals surface area (Å²) in [6.07, 6.45) is 0.538. The van der Waals surface area contributed by atoms with Gasteiger partial charge in [0, 0.05) is 24.6 Å². The van der Waals surface area contributed by atoms with Crippen molar-refractivity contribution >= 4 is 11.9 Å². The smallest absolute Gasteiger partial charge is 0.303 e. The van der Waals surface area contributed by atoms with E-state index in [1.54, 1.807) is 30.3 Å². The molecule has 0 aromatic heterocycles.